The summed E-state index contributed by atoms with van der Waals surface area (Å²) in [4.78, 5) is 30.6. The number of rotatable bonds is 9. The molecule has 2 fully saturated rings. The van der Waals surface area contributed by atoms with Gasteiger partial charge in [-0.25, -0.2) is 0 Å². The Morgan fingerprint density at radius 3 is 2.71 bits per heavy atom. The molecule has 0 aromatic heterocycles. The van der Waals surface area contributed by atoms with E-state index in [1.54, 1.807) is 11.0 Å². The summed E-state index contributed by atoms with van der Waals surface area (Å²) in [5, 5.41) is 11.5. The van der Waals surface area contributed by atoms with Gasteiger partial charge in [0.05, 0.1) is 31.4 Å². The number of aliphatic hydroxyl groups excluding tert-OH is 1. The van der Waals surface area contributed by atoms with Crippen LogP contribution in [0, 0.1) is 0 Å². The van der Waals surface area contributed by atoms with Crippen molar-refractivity contribution < 1.29 is 28.9 Å². The lowest BCUT2D eigenvalue weighted by Gasteiger charge is -2.31. The van der Waals surface area contributed by atoms with Crippen LogP contribution in [0.3, 0.4) is 0 Å². The molecule has 3 heterocycles. The maximum absolute atomic E-state index is 13.4. The van der Waals surface area contributed by atoms with Gasteiger partial charge in [-0.05, 0) is 54.8 Å². The van der Waals surface area contributed by atoms with Gasteiger partial charge in [-0.3, -0.25) is 14.5 Å². The molecular weight excluding hydrogens is 484 g/mol. The molecular formula is C30H36N2O6. The number of benzene rings is 2. The van der Waals surface area contributed by atoms with E-state index in [-0.39, 0.29) is 17.4 Å². The zero-order valence-electron chi connectivity index (χ0n) is 22.2. The molecule has 2 saturated heterocycles. The third kappa shape index (κ3) is 5.42. The molecule has 3 aliphatic heterocycles. The Labute approximate surface area is 223 Å². The molecule has 5 rings (SSSR count). The van der Waals surface area contributed by atoms with Crippen LogP contribution in [0.15, 0.2) is 48.0 Å². The molecule has 2 atom stereocenters. The summed E-state index contributed by atoms with van der Waals surface area (Å²) in [5.41, 5.74) is 2.33. The van der Waals surface area contributed by atoms with E-state index in [2.05, 4.69) is 11.8 Å². The third-order valence-corrected chi connectivity index (χ3v) is 7.41. The first-order valence-corrected chi connectivity index (χ1v) is 13.6. The molecule has 1 amide bonds. The van der Waals surface area contributed by atoms with Gasteiger partial charge in [-0.15, -0.1) is 0 Å². The monoisotopic (exact) mass is 520 g/mol. The van der Waals surface area contributed by atoms with Gasteiger partial charge >= 0.3 is 0 Å². The predicted molar refractivity (Wildman–Crippen MR) is 143 cm³/mol. The van der Waals surface area contributed by atoms with Crippen LogP contribution in [0.2, 0.25) is 0 Å². The molecule has 202 valence electrons. The molecule has 8 heteroatoms. The largest absolute Gasteiger partial charge is 0.507 e. The number of carbonyl (C=O) groups excluding carboxylic acids is 2. The van der Waals surface area contributed by atoms with E-state index in [9.17, 15) is 14.7 Å². The predicted octanol–water partition coefficient (Wildman–Crippen LogP) is 3.94. The number of hydrogen-bond acceptors (Lipinski definition) is 7. The highest BCUT2D eigenvalue weighted by Crippen LogP contribution is 2.41. The second kappa shape index (κ2) is 11.6. The molecule has 8 nitrogen and oxygen atoms in total. The Kier molecular flexibility index (Phi) is 8.00. The van der Waals surface area contributed by atoms with Crippen molar-refractivity contribution in [1.29, 1.82) is 0 Å². The lowest BCUT2D eigenvalue weighted by atomic mass is 9.94. The van der Waals surface area contributed by atoms with Gasteiger partial charge in [-0.1, -0.05) is 25.5 Å². The van der Waals surface area contributed by atoms with Crippen molar-refractivity contribution in [1.82, 2.24) is 9.80 Å². The number of fused-ring (bicyclic) bond motifs is 1. The van der Waals surface area contributed by atoms with Gasteiger partial charge < -0.3 is 24.2 Å². The second-order valence-corrected chi connectivity index (χ2v) is 10.2. The number of hydrogen-bond donors (Lipinski definition) is 1. The molecule has 2 aromatic carbocycles. The number of nitrogens with zero attached hydrogens (tertiary/aromatic N) is 2. The van der Waals surface area contributed by atoms with Gasteiger partial charge in [0.2, 0.25) is 0 Å². The van der Waals surface area contributed by atoms with Crippen LogP contribution in [0.1, 0.15) is 49.4 Å². The minimum atomic E-state index is -0.714. The minimum absolute atomic E-state index is 0.0589. The molecule has 0 bridgehead atoms. The van der Waals surface area contributed by atoms with E-state index in [0.29, 0.717) is 44.2 Å². The average molecular weight is 521 g/mol. The number of morpholine rings is 1. The Morgan fingerprint density at radius 1 is 1.11 bits per heavy atom. The molecule has 0 spiro atoms. The fourth-order valence-corrected chi connectivity index (χ4v) is 5.36. The average Bonchev–Trinajstić information content (AvgIpc) is 3.43. The fraction of sp³-hybridized carbons (Fsp3) is 0.467. The number of aliphatic hydroxyl groups is 1. The van der Waals surface area contributed by atoms with Gasteiger partial charge in [0.15, 0.2) is 0 Å². The highest BCUT2D eigenvalue weighted by Gasteiger charge is 2.46. The van der Waals surface area contributed by atoms with Crippen LogP contribution < -0.4 is 9.47 Å². The van der Waals surface area contributed by atoms with E-state index in [1.165, 1.54) is 0 Å². The zero-order valence-corrected chi connectivity index (χ0v) is 22.2. The number of amides is 1. The van der Waals surface area contributed by atoms with Crippen molar-refractivity contribution in [3.05, 3.63) is 64.7 Å². The number of likely N-dealkylation sites (tertiary alicyclic amines) is 1. The quantitative estimate of drug-likeness (QED) is 0.232. The Morgan fingerprint density at radius 2 is 1.92 bits per heavy atom. The summed E-state index contributed by atoms with van der Waals surface area (Å²) in [5.74, 6) is 0.0332. The maximum atomic E-state index is 13.4. The maximum Gasteiger partial charge on any atom is 0.295 e. The number of unbranched alkanes of at least 4 members (excludes halogenated alkanes) is 1. The molecule has 3 aliphatic rings. The van der Waals surface area contributed by atoms with Gasteiger partial charge in [0.25, 0.3) is 11.7 Å². The SMILES string of the molecule is CCCCOc1cccc([C@@H]2/C(=C(\O)c3ccc4c(c3)C[C@H](C)O4)C(=O)C(=O)N2CCN2CCOCC2)c1. The first-order chi connectivity index (χ1) is 18.5. The smallest absolute Gasteiger partial charge is 0.295 e. The lowest BCUT2D eigenvalue weighted by molar-refractivity contribution is -0.140. The standard InChI is InChI=1S/C30H36N2O6/c1-3-4-14-37-24-7-5-6-21(19-24)27-26(28(33)22-8-9-25-23(18-22)17-20(2)38-25)29(34)30(35)32(27)11-10-31-12-15-36-16-13-31/h5-9,18-20,27,33H,3-4,10-17H2,1-2H3/b28-26+/t20-,27+/m0/s1. The summed E-state index contributed by atoms with van der Waals surface area (Å²) in [6.45, 7) is 8.54. The van der Waals surface area contributed by atoms with Crippen LogP contribution in [0.25, 0.3) is 5.76 Å². The van der Waals surface area contributed by atoms with Crippen LogP contribution in [-0.4, -0.2) is 78.7 Å². The Hall–Kier alpha value is -3.36. The molecule has 0 unspecified atom stereocenters. The number of ether oxygens (including phenoxy) is 3. The van der Waals surface area contributed by atoms with Crippen molar-refractivity contribution >= 4 is 17.4 Å². The molecule has 38 heavy (non-hydrogen) atoms. The van der Waals surface area contributed by atoms with Gasteiger partial charge in [0.1, 0.15) is 23.4 Å². The van der Waals surface area contributed by atoms with Crippen LogP contribution >= 0.6 is 0 Å². The van der Waals surface area contributed by atoms with Crippen LogP contribution in [0.5, 0.6) is 11.5 Å². The lowest BCUT2D eigenvalue weighted by Crippen LogP contribution is -2.42. The molecule has 2 aromatic rings. The molecule has 0 aliphatic carbocycles. The van der Waals surface area contributed by atoms with Crippen molar-refractivity contribution in [2.24, 2.45) is 0 Å². The van der Waals surface area contributed by atoms with E-state index in [4.69, 9.17) is 14.2 Å². The summed E-state index contributed by atoms with van der Waals surface area (Å²) in [7, 11) is 0. The highest BCUT2D eigenvalue weighted by molar-refractivity contribution is 6.46. The Bertz CT molecular complexity index is 1220. The zero-order chi connectivity index (χ0) is 26.6. The number of carbonyl (C=O) groups is 2. The molecule has 1 N–H and O–H groups in total. The van der Waals surface area contributed by atoms with E-state index < -0.39 is 17.7 Å². The summed E-state index contributed by atoms with van der Waals surface area (Å²) in [6.07, 6.45) is 2.74. The first-order valence-electron chi connectivity index (χ1n) is 13.6. The third-order valence-electron chi connectivity index (χ3n) is 7.41. The van der Waals surface area contributed by atoms with Gasteiger partial charge in [0, 0.05) is 38.2 Å². The fourth-order valence-electron chi connectivity index (χ4n) is 5.36. The molecule has 0 saturated carbocycles. The first kappa shape index (κ1) is 26.3. The van der Waals surface area contributed by atoms with Crippen molar-refractivity contribution in [3.63, 3.8) is 0 Å². The van der Waals surface area contributed by atoms with Crippen LogP contribution in [0.4, 0.5) is 0 Å². The van der Waals surface area contributed by atoms with Gasteiger partial charge in [-0.2, -0.15) is 0 Å². The summed E-state index contributed by atoms with van der Waals surface area (Å²) < 4.78 is 17.2. The summed E-state index contributed by atoms with van der Waals surface area (Å²) in [6, 6.07) is 12.2. The number of Topliss-reactive ketones (excluding diaryl/α,β-unsaturated/α-hetero) is 1. The second-order valence-electron chi connectivity index (χ2n) is 10.2. The van der Waals surface area contributed by atoms with E-state index in [1.807, 2.05) is 43.3 Å². The minimum Gasteiger partial charge on any atom is -0.507 e. The van der Waals surface area contributed by atoms with Crippen LogP contribution in [-0.2, 0) is 20.7 Å². The van der Waals surface area contributed by atoms with E-state index >= 15 is 0 Å². The normalized spacial score (nSPS) is 22.9. The Balaban J connectivity index is 1.51. The number of ketones is 1. The van der Waals surface area contributed by atoms with Crippen molar-refractivity contribution in [2.45, 2.75) is 45.3 Å². The van der Waals surface area contributed by atoms with E-state index in [0.717, 1.165) is 49.2 Å². The van der Waals surface area contributed by atoms with Crippen molar-refractivity contribution in [3.8, 4) is 11.5 Å². The van der Waals surface area contributed by atoms with Crippen molar-refractivity contribution in [2.75, 3.05) is 46.0 Å². The topological polar surface area (TPSA) is 88.5 Å². The summed E-state index contributed by atoms with van der Waals surface area (Å²) >= 11 is 0. The molecule has 0 radical (unpaired) electrons. The highest BCUT2D eigenvalue weighted by atomic mass is 16.5.